The molecule has 168 valence electrons. The van der Waals surface area contributed by atoms with Gasteiger partial charge in [-0.3, -0.25) is 4.79 Å². The van der Waals surface area contributed by atoms with Crippen molar-refractivity contribution >= 4 is 15.9 Å². The van der Waals surface area contributed by atoms with Gasteiger partial charge in [0.05, 0.1) is 19.1 Å². The molecule has 0 radical (unpaired) electrons. The number of amides is 1. The minimum absolute atomic E-state index is 0.0161. The second kappa shape index (κ2) is 10.2. The number of nitrogens with zero attached hydrogens (tertiary/aromatic N) is 2. The van der Waals surface area contributed by atoms with Crippen molar-refractivity contribution in [2.75, 3.05) is 32.8 Å². The van der Waals surface area contributed by atoms with Gasteiger partial charge in [-0.05, 0) is 18.9 Å². The first-order valence-electron chi connectivity index (χ1n) is 9.29. The quantitative estimate of drug-likeness (QED) is 0.589. The predicted octanol–water partition coefficient (Wildman–Crippen LogP) is 1.44. The van der Waals surface area contributed by atoms with E-state index in [-0.39, 0.29) is 55.4 Å². The molecule has 2 heterocycles. The highest BCUT2D eigenvalue weighted by Gasteiger charge is 2.33. The number of hydrogen-bond acceptors (Lipinski definition) is 6. The molecule has 0 atom stereocenters. The topological polar surface area (TPSA) is 115 Å². The molecular formula is C18H25F3N4O4S. The zero-order valence-electron chi connectivity index (χ0n) is 16.5. The highest BCUT2D eigenvalue weighted by atomic mass is 32.2. The summed E-state index contributed by atoms with van der Waals surface area (Å²) in [5.41, 5.74) is 5.55. The van der Waals surface area contributed by atoms with E-state index in [1.54, 1.807) is 0 Å². The smallest absolute Gasteiger partial charge is 0.262 e. The number of aromatic nitrogens is 1. The Morgan fingerprint density at radius 1 is 1.40 bits per heavy atom. The molecule has 1 aliphatic heterocycles. The van der Waals surface area contributed by atoms with Gasteiger partial charge in [0.25, 0.3) is 5.92 Å². The van der Waals surface area contributed by atoms with Crippen LogP contribution in [0.15, 0.2) is 35.1 Å². The summed E-state index contributed by atoms with van der Waals surface area (Å²) >= 11 is 0. The first-order valence-corrected chi connectivity index (χ1v) is 10.7. The maximum absolute atomic E-state index is 12.9. The second-order valence-electron chi connectivity index (χ2n) is 7.06. The third-order valence-corrected chi connectivity index (χ3v) is 6.45. The number of rotatable bonds is 9. The van der Waals surface area contributed by atoms with Crippen molar-refractivity contribution in [2.24, 2.45) is 11.7 Å². The molecule has 0 spiro atoms. The van der Waals surface area contributed by atoms with E-state index in [0.29, 0.717) is 13.3 Å². The van der Waals surface area contributed by atoms with Crippen molar-refractivity contribution in [3.63, 3.8) is 0 Å². The SMILES string of the molecule is CC(F)(F)CNC(=O)C1CCN(S(=O)(=O)c2ccc(OC/C(=C/F)CN)nc2)CC1. The molecule has 1 aromatic heterocycles. The van der Waals surface area contributed by atoms with Gasteiger partial charge >= 0.3 is 0 Å². The molecule has 8 nitrogen and oxygen atoms in total. The molecule has 0 aliphatic carbocycles. The molecule has 30 heavy (non-hydrogen) atoms. The van der Waals surface area contributed by atoms with Crippen LogP contribution in [-0.2, 0) is 14.8 Å². The Morgan fingerprint density at radius 2 is 2.07 bits per heavy atom. The summed E-state index contributed by atoms with van der Waals surface area (Å²) in [4.78, 5) is 15.9. The zero-order valence-corrected chi connectivity index (χ0v) is 17.3. The van der Waals surface area contributed by atoms with Crippen molar-refractivity contribution < 1.29 is 31.1 Å². The normalized spacial score (nSPS) is 17.0. The standard InChI is InChI=1S/C18H25F3N4O4S/c1-18(20,21)12-24-17(26)14-4-6-25(7-5-14)30(27,28)15-2-3-16(23-10-15)29-11-13(8-19)9-22/h2-3,8,10,14H,4-7,9,11-12,22H2,1H3,(H,24,26)/b13-8+. The van der Waals surface area contributed by atoms with Crippen LogP contribution in [0.5, 0.6) is 5.88 Å². The molecule has 12 heteroatoms. The maximum atomic E-state index is 12.9. The van der Waals surface area contributed by atoms with Crippen LogP contribution in [-0.4, -0.2) is 62.3 Å². The Morgan fingerprint density at radius 3 is 2.57 bits per heavy atom. The number of piperidine rings is 1. The van der Waals surface area contributed by atoms with E-state index in [4.69, 9.17) is 10.5 Å². The molecular weight excluding hydrogens is 425 g/mol. The van der Waals surface area contributed by atoms with Gasteiger partial charge in [0.2, 0.25) is 21.8 Å². The van der Waals surface area contributed by atoms with Crippen molar-refractivity contribution in [2.45, 2.75) is 30.6 Å². The fraction of sp³-hybridized carbons (Fsp3) is 0.556. The number of halogens is 3. The lowest BCUT2D eigenvalue weighted by molar-refractivity contribution is -0.127. The van der Waals surface area contributed by atoms with Gasteiger partial charge in [-0.25, -0.2) is 26.6 Å². The van der Waals surface area contributed by atoms with Crippen LogP contribution in [0.3, 0.4) is 0 Å². The number of pyridine rings is 1. The van der Waals surface area contributed by atoms with E-state index in [2.05, 4.69) is 10.3 Å². The minimum atomic E-state index is -3.83. The number of alkyl halides is 2. The van der Waals surface area contributed by atoms with Crippen molar-refractivity contribution in [3.8, 4) is 5.88 Å². The first kappa shape index (κ1) is 24.1. The summed E-state index contributed by atoms with van der Waals surface area (Å²) in [6, 6.07) is 2.67. The zero-order chi connectivity index (χ0) is 22.4. The highest BCUT2D eigenvalue weighted by molar-refractivity contribution is 7.89. The van der Waals surface area contributed by atoms with Gasteiger partial charge in [0.1, 0.15) is 11.5 Å². The molecule has 2 rings (SSSR count). The first-order chi connectivity index (χ1) is 14.1. The molecule has 0 bridgehead atoms. The number of nitrogens with one attached hydrogen (secondary N) is 1. The number of carbonyl (C=O) groups excluding carboxylic acids is 1. The van der Waals surface area contributed by atoms with Crippen LogP contribution in [0.2, 0.25) is 0 Å². The fourth-order valence-corrected chi connectivity index (χ4v) is 4.22. The Bertz CT molecular complexity index is 849. The summed E-state index contributed by atoms with van der Waals surface area (Å²) < 4.78 is 70.2. The summed E-state index contributed by atoms with van der Waals surface area (Å²) in [6.45, 7) is 0.00810. The van der Waals surface area contributed by atoms with E-state index < -0.39 is 34.3 Å². The van der Waals surface area contributed by atoms with Crippen LogP contribution < -0.4 is 15.8 Å². The average Bonchev–Trinajstić information content (AvgIpc) is 2.72. The Labute approximate surface area is 173 Å². The Kier molecular flexibility index (Phi) is 8.21. The predicted molar refractivity (Wildman–Crippen MR) is 103 cm³/mol. The molecule has 1 aliphatic rings. The summed E-state index contributed by atoms with van der Waals surface area (Å²) in [5.74, 6) is -3.91. The Balaban J connectivity index is 1.93. The van der Waals surface area contributed by atoms with E-state index in [0.717, 1.165) is 6.20 Å². The minimum Gasteiger partial charge on any atom is -0.473 e. The van der Waals surface area contributed by atoms with Crippen LogP contribution in [0, 0.1) is 5.92 Å². The van der Waals surface area contributed by atoms with E-state index in [1.165, 1.54) is 16.4 Å². The molecule has 3 N–H and O–H groups in total. The number of sulfonamides is 1. The molecule has 1 saturated heterocycles. The molecule has 1 aromatic rings. The van der Waals surface area contributed by atoms with E-state index in [9.17, 15) is 26.4 Å². The van der Waals surface area contributed by atoms with Crippen LogP contribution >= 0.6 is 0 Å². The van der Waals surface area contributed by atoms with Gasteiger partial charge in [-0.1, -0.05) is 0 Å². The molecule has 1 fully saturated rings. The van der Waals surface area contributed by atoms with E-state index >= 15 is 0 Å². The van der Waals surface area contributed by atoms with Crippen LogP contribution in [0.1, 0.15) is 19.8 Å². The van der Waals surface area contributed by atoms with Gasteiger partial charge in [0, 0.05) is 44.1 Å². The molecule has 0 saturated carbocycles. The third kappa shape index (κ3) is 6.67. The van der Waals surface area contributed by atoms with Gasteiger partial charge in [-0.15, -0.1) is 0 Å². The number of carbonyl (C=O) groups is 1. The van der Waals surface area contributed by atoms with Crippen LogP contribution in [0.4, 0.5) is 13.2 Å². The van der Waals surface area contributed by atoms with Gasteiger partial charge < -0.3 is 15.8 Å². The van der Waals surface area contributed by atoms with E-state index in [1.807, 2.05) is 0 Å². The average molecular weight is 450 g/mol. The van der Waals surface area contributed by atoms with Gasteiger partial charge in [-0.2, -0.15) is 4.31 Å². The van der Waals surface area contributed by atoms with Crippen molar-refractivity contribution in [1.29, 1.82) is 0 Å². The molecule has 0 aromatic carbocycles. The number of hydrogen-bond donors (Lipinski definition) is 2. The summed E-state index contributed by atoms with van der Waals surface area (Å²) in [5, 5.41) is 2.20. The fourth-order valence-electron chi connectivity index (χ4n) is 2.80. The van der Waals surface area contributed by atoms with Crippen LogP contribution in [0.25, 0.3) is 0 Å². The molecule has 1 amide bonds. The largest absolute Gasteiger partial charge is 0.473 e. The third-order valence-electron chi connectivity index (χ3n) is 4.57. The van der Waals surface area contributed by atoms with Gasteiger partial charge in [0.15, 0.2) is 0 Å². The second-order valence-corrected chi connectivity index (χ2v) is 9.00. The number of ether oxygens (including phenoxy) is 1. The number of nitrogens with two attached hydrogens (primary N) is 1. The van der Waals surface area contributed by atoms with Crippen molar-refractivity contribution in [1.82, 2.24) is 14.6 Å². The monoisotopic (exact) mass is 450 g/mol. The lowest BCUT2D eigenvalue weighted by atomic mass is 9.97. The Hall–Kier alpha value is -2.18. The summed E-state index contributed by atoms with van der Waals surface area (Å²) in [7, 11) is -3.83. The molecule has 0 unspecified atom stereocenters. The maximum Gasteiger partial charge on any atom is 0.262 e. The van der Waals surface area contributed by atoms with Crippen molar-refractivity contribution in [3.05, 3.63) is 30.2 Å². The lowest BCUT2D eigenvalue weighted by Crippen LogP contribution is -2.44. The lowest BCUT2D eigenvalue weighted by Gasteiger charge is -2.30. The highest BCUT2D eigenvalue weighted by Crippen LogP contribution is 2.24. The summed E-state index contributed by atoms with van der Waals surface area (Å²) in [6.07, 6.45) is 1.93.